The van der Waals surface area contributed by atoms with Gasteiger partial charge >= 0.3 is 0 Å². The molecule has 1 aliphatic rings. The lowest BCUT2D eigenvalue weighted by Crippen LogP contribution is -2.40. The molecule has 0 radical (unpaired) electrons. The molecule has 2 rings (SSSR count). The zero-order chi connectivity index (χ0) is 13.0. The quantitative estimate of drug-likeness (QED) is 0.871. The second kappa shape index (κ2) is 5.83. The van der Waals surface area contributed by atoms with Crippen LogP contribution in [0.4, 0.5) is 10.1 Å². The summed E-state index contributed by atoms with van der Waals surface area (Å²) in [5.74, 6) is -0.192. The summed E-state index contributed by atoms with van der Waals surface area (Å²) in [6, 6.07) is 9.48. The van der Waals surface area contributed by atoms with Gasteiger partial charge < -0.3 is 10.2 Å². The van der Waals surface area contributed by atoms with Crippen molar-refractivity contribution >= 4 is 5.69 Å². The highest BCUT2D eigenvalue weighted by molar-refractivity contribution is 5.48. The first-order chi connectivity index (χ1) is 8.70. The maximum Gasteiger partial charge on any atom is 0.146 e. The average molecular weight is 247 g/mol. The van der Waals surface area contributed by atoms with Crippen LogP contribution in [0.15, 0.2) is 24.3 Å². The summed E-state index contributed by atoms with van der Waals surface area (Å²) in [5, 5.41) is 12.2. The molecule has 4 heteroatoms. The molecule has 1 aliphatic heterocycles. The van der Waals surface area contributed by atoms with E-state index >= 15 is 0 Å². The van der Waals surface area contributed by atoms with Crippen LogP contribution in [0.2, 0.25) is 0 Å². The van der Waals surface area contributed by atoms with Gasteiger partial charge in [0.2, 0.25) is 0 Å². The summed E-state index contributed by atoms with van der Waals surface area (Å²) in [7, 11) is 0. The number of nitrogens with one attached hydrogen (secondary N) is 1. The number of halogens is 1. The molecule has 0 bridgehead atoms. The number of rotatable bonds is 2. The fourth-order valence-corrected chi connectivity index (χ4v) is 2.41. The highest BCUT2D eigenvalue weighted by Crippen LogP contribution is 2.21. The molecule has 0 amide bonds. The number of benzene rings is 1. The third kappa shape index (κ3) is 2.99. The number of hydrogen-bond donors (Lipinski definition) is 1. The van der Waals surface area contributed by atoms with E-state index in [1.54, 1.807) is 12.1 Å². The van der Waals surface area contributed by atoms with Crippen molar-refractivity contribution in [3.05, 3.63) is 30.1 Å². The molecule has 1 fully saturated rings. The summed E-state index contributed by atoms with van der Waals surface area (Å²) in [5.41, 5.74) is 0.635. The summed E-state index contributed by atoms with van der Waals surface area (Å²) >= 11 is 0. The van der Waals surface area contributed by atoms with Crippen LogP contribution >= 0.6 is 0 Å². The van der Waals surface area contributed by atoms with Crippen molar-refractivity contribution in [3.63, 3.8) is 0 Å². The Morgan fingerprint density at radius 2 is 2.28 bits per heavy atom. The topological polar surface area (TPSA) is 39.1 Å². The van der Waals surface area contributed by atoms with Crippen molar-refractivity contribution in [1.29, 1.82) is 5.26 Å². The second-order valence-corrected chi connectivity index (χ2v) is 4.81. The fraction of sp³-hybridized carbons (Fsp3) is 0.500. The second-order valence-electron chi connectivity index (χ2n) is 4.81. The van der Waals surface area contributed by atoms with E-state index in [-0.39, 0.29) is 11.9 Å². The van der Waals surface area contributed by atoms with Gasteiger partial charge in [0.15, 0.2) is 0 Å². The van der Waals surface area contributed by atoms with Crippen molar-refractivity contribution in [1.82, 2.24) is 5.32 Å². The van der Waals surface area contributed by atoms with E-state index in [9.17, 15) is 4.39 Å². The van der Waals surface area contributed by atoms with Gasteiger partial charge in [0.1, 0.15) is 5.82 Å². The molecule has 1 heterocycles. The molecule has 96 valence electrons. The van der Waals surface area contributed by atoms with Crippen molar-refractivity contribution in [3.8, 4) is 6.07 Å². The van der Waals surface area contributed by atoms with Crippen LogP contribution < -0.4 is 10.2 Å². The van der Waals surface area contributed by atoms with E-state index in [0.717, 1.165) is 13.0 Å². The van der Waals surface area contributed by atoms with E-state index in [4.69, 9.17) is 5.26 Å². The summed E-state index contributed by atoms with van der Waals surface area (Å²) in [6.07, 6.45) is 1.41. The Balaban J connectivity index is 2.17. The zero-order valence-electron chi connectivity index (χ0n) is 10.6. The van der Waals surface area contributed by atoms with Gasteiger partial charge in [-0.05, 0) is 25.5 Å². The summed E-state index contributed by atoms with van der Waals surface area (Å²) in [6.45, 7) is 3.60. The van der Waals surface area contributed by atoms with Gasteiger partial charge in [-0.25, -0.2) is 4.39 Å². The molecule has 0 aliphatic carbocycles. The smallest absolute Gasteiger partial charge is 0.146 e. The van der Waals surface area contributed by atoms with Crippen LogP contribution in [0.1, 0.15) is 19.8 Å². The maximum absolute atomic E-state index is 13.8. The predicted octanol–water partition coefficient (Wildman–Crippen LogP) is 2.30. The molecule has 1 aromatic rings. The summed E-state index contributed by atoms with van der Waals surface area (Å²) < 4.78 is 13.8. The first kappa shape index (κ1) is 12.8. The lowest BCUT2D eigenvalue weighted by Gasteiger charge is -2.25. The van der Waals surface area contributed by atoms with Gasteiger partial charge in [0, 0.05) is 25.2 Å². The highest BCUT2D eigenvalue weighted by Gasteiger charge is 2.22. The van der Waals surface area contributed by atoms with E-state index in [0.29, 0.717) is 24.7 Å². The van der Waals surface area contributed by atoms with E-state index in [1.807, 2.05) is 11.0 Å². The Bertz CT molecular complexity index is 441. The molecule has 2 atom stereocenters. The molecular weight excluding hydrogens is 229 g/mol. The largest absolute Gasteiger partial charge is 0.368 e. The van der Waals surface area contributed by atoms with Crippen molar-refractivity contribution in [2.45, 2.75) is 31.8 Å². The SMILES string of the molecule is CC1CCN(c2ccccc2F)CC(CC#N)N1. The first-order valence-electron chi connectivity index (χ1n) is 6.33. The lowest BCUT2D eigenvalue weighted by molar-refractivity contribution is 0.473. The Morgan fingerprint density at radius 3 is 3.00 bits per heavy atom. The Morgan fingerprint density at radius 1 is 1.50 bits per heavy atom. The predicted molar refractivity (Wildman–Crippen MR) is 69.8 cm³/mol. The number of nitriles is 1. The first-order valence-corrected chi connectivity index (χ1v) is 6.33. The maximum atomic E-state index is 13.8. The van der Waals surface area contributed by atoms with E-state index in [1.165, 1.54) is 6.07 Å². The van der Waals surface area contributed by atoms with Crippen LogP contribution in [0, 0.1) is 17.1 Å². The van der Waals surface area contributed by atoms with Crippen LogP contribution in [-0.4, -0.2) is 25.2 Å². The van der Waals surface area contributed by atoms with E-state index in [2.05, 4.69) is 18.3 Å². The van der Waals surface area contributed by atoms with Gasteiger partial charge in [0.05, 0.1) is 18.2 Å². The normalized spacial score (nSPS) is 24.4. The molecule has 2 unspecified atom stereocenters. The minimum atomic E-state index is -0.192. The van der Waals surface area contributed by atoms with Crippen LogP contribution in [0.3, 0.4) is 0 Å². The summed E-state index contributed by atoms with van der Waals surface area (Å²) in [4.78, 5) is 2.04. The van der Waals surface area contributed by atoms with Gasteiger partial charge in [-0.3, -0.25) is 0 Å². The monoisotopic (exact) mass is 247 g/mol. The van der Waals surface area contributed by atoms with Gasteiger partial charge in [-0.15, -0.1) is 0 Å². The molecule has 1 N–H and O–H groups in total. The van der Waals surface area contributed by atoms with Gasteiger partial charge in [0.25, 0.3) is 0 Å². The Labute approximate surface area is 107 Å². The minimum Gasteiger partial charge on any atom is -0.368 e. The minimum absolute atomic E-state index is 0.104. The number of para-hydroxylation sites is 1. The molecule has 0 spiro atoms. The molecule has 1 aromatic carbocycles. The standard InChI is InChI=1S/C14H18FN3/c1-11-7-9-18(10-12(17-11)6-8-16)14-5-3-2-4-13(14)15/h2-5,11-12,17H,6-7,9-10H2,1H3. The van der Waals surface area contributed by atoms with Gasteiger partial charge in [-0.2, -0.15) is 5.26 Å². The Kier molecular flexibility index (Phi) is 4.16. The molecule has 18 heavy (non-hydrogen) atoms. The average Bonchev–Trinajstić information content (AvgIpc) is 2.52. The molecular formula is C14H18FN3. The van der Waals surface area contributed by atoms with Crippen LogP contribution in [0.25, 0.3) is 0 Å². The molecule has 1 saturated heterocycles. The van der Waals surface area contributed by atoms with Crippen molar-refractivity contribution < 1.29 is 4.39 Å². The van der Waals surface area contributed by atoms with Crippen LogP contribution in [0.5, 0.6) is 0 Å². The number of nitrogens with zero attached hydrogens (tertiary/aromatic N) is 2. The van der Waals surface area contributed by atoms with Crippen molar-refractivity contribution in [2.75, 3.05) is 18.0 Å². The molecule has 0 aromatic heterocycles. The third-order valence-corrected chi connectivity index (χ3v) is 3.32. The van der Waals surface area contributed by atoms with Crippen LogP contribution in [-0.2, 0) is 0 Å². The zero-order valence-corrected chi connectivity index (χ0v) is 10.6. The highest BCUT2D eigenvalue weighted by atomic mass is 19.1. The number of hydrogen-bond acceptors (Lipinski definition) is 3. The lowest BCUT2D eigenvalue weighted by atomic mass is 10.2. The van der Waals surface area contributed by atoms with Gasteiger partial charge in [-0.1, -0.05) is 12.1 Å². The van der Waals surface area contributed by atoms with Crippen molar-refractivity contribution in [2.24, 2.45) is 0 Å². The third-order valence-electron chi connectivity index (χ3n) is 3.32. The Hall–Kier alpha value is -1.60. The molecule has 0 saturated carbocycles. The van der Waals surface area contributed by atoms with E-state index < -0.39 is 0 Å². The molecule has 3 nitrogen and oxygen atoms in total. The number of anilines is 1. The fourth-order valence-electron chi connectivity index (χ4n) is 2.41.